The second-order valence-corrected chi connectivity index (χ2v) is 9.66. The van der Waals surface area contributed by atoms with E-state index in [-0.39, 0.29) is 22.7 Å². The van der Waals surface area contributed by atoms with Crippen LogP contribution in [0.1, 0.15) is 49.5 Å². The second-order valence-electron chi connectivity index (χ2n) is 9.25. The molecule has 1 aliphatic carbocycles. The van der Waals surface area contributed by atoms with Gasteiger partial charge in [0.15, 0.2) is 0 Å². The number of hydrogen-bond acceptors (Lipinski definition) is 6. The van der Waals surface area contributed by atoms with Crippen molar-refractivity contribution in [3.63, 3.8) is 0 Å². The minimum atomic E-state index is -0.611. The van der Waals surface area contributed by atoms with Crippen LogP contribution in [-0.2, 0) is 10.2 Å². The van der Waals surface area contributed by atoms with Gasteiger partial charge in [-0.1, -0.05) is 11.6 Å². The molecule has 1 fully saturated rings. The Bertz CT molecular complexity index is 1300. The van der Waals surface area contributed by atoms with Crippen LogP contribution < -0.4 is 20.3 Å². The van der Waals surface area contributed by atoms with Gasteiger partial charge in [0.1, 0.15) is 10.8 Å². The summed E-state index contributed by atoms with van der Waals surface area (Å²) in [6.07, 6.45) is 3.53. The smallest absolute Gasteiger partial charge is 0.251 e. The van der Waals surface area contributed by atoms with Gasteiger partial charge >= 0.3 is 0 Å². The van der Waals surface area contributed by atoms with Crippen LogP contribution in [0.4, 0.5) is 17.3 Å². The number of carbonyl (C=O) groups excluding carboxylic acids is 2. The molecule has 0 bridgehead atoms. The molecular formula is C26H26ClN5O3. The summed E-state index contributed by atoms with van der Waals surface area (Å²) in [6, 6.07) is 12.9. The molecule has 1 aromatic heterocycles. The molecule has 0 saturated heterocycles. The Labute approximate surface area is 208 Å². The van der Waals surface area contributed by atoms with Crippen LogP contribution >= 0.6 is 11.6 Å². The van der Waals surface area contributed by atoms with Gasteiger partial charge in [0, 0.05) is 29.5 Å². The van der Waals surface area contributed by atoms with Gasteiger partial charge in [-0.3, -0.25) is 9.59 Å². The van der Waals surface area contributed by atoms with Crippen LogP contribution in [0.2, 0.25) is 5.02 Å². The third-order valence-corrected chi connectivity index (χ3v) is 6.53. The van der Waals surface area contributed by atoms with E-state index in [1.54, 1.807) is 29.2 Å². The molecule has 9 heteroatoms. The number of anilines is 3. The van der Waals surface area contributed by atoms with Gasteiger partial charge in [0.05, 0.1) is 11.6 Å². The van der Waals surface area contributed by atoms with E-state index in [0.29, 0.717) is 29.8 Å². The molecule has 2 heterocycles. The highest BCUT2D eigenvalue weighted by atomic mass is 35.5. The fourth-order valence-corrected chi connectivity index (χ4v) is 4.25. The second kappa shape index (κ2) is 8.85. The molecule has 0 unspecified atom stereocenters. The fourth-order valence-electron chi connectivity index (χ4n) is 4.12. The minimum absolute atomic E-state index is 0.0848. The van der Waals surface area contributed by atoms with Crippen LogP contribution in [0.3, 0.4) is 0 Å². The first-order chi connectivity index (χ1) is 16.8. The largest absolute Gasteiger partial charge is 0.437 e. The van der Waals surface area contributed by atoms with Crippen molar-refractivity contribution in [3.8, 4) is 11.6 Å². The highest BCUT2D eigenvalue weighted by Crippen LogP contribution is 2.43. The average molecular weight is 492 g/mol. The average Bonchev–Trinajstić information content (AvgIpc) is 3.63. The molecule has 2 aromatic carbocycles. The number of halogens is 1. The third-order valence-electron chi connectivity index (χ3n) is 6.27. The Morgan fingerprint density at radius 1 is 1.20 bits per heavy atom. The molecular weight excluding hydrogens is 466 g/mol. The summed E-state index contributed by atoms with van der Waals surface area (Å²) in [5, 5.41) is 6.39. The summed E-state index contributed by atoms with van der Waals surface area (Å²) in [6.45, 7) is 6.45. The van der Waals surface area contributed by atoms with Crippen LogP contribution in [-0.4, -0.2) is 34.4 Å². The zero-order chi connectivity index (χ0) is 24.7. The van der Waals surface area contributed by atoms with Gasteiger partial charge in [-0.2, -0.15) is 4.98 Å². The van der Waals surface area contributed by atoms with Crippen molar-refractivity contribution >= 4 is 40.7 Å². The standard InChI is InChI=1S/C26H26ClN5O3/c1-4-32-21-12-9-17(13-19(21)26(2,3)24(32)34)30-25-28-14-20(27)23(31-25)35-18-10-5-15(6-11-18)22(33)29-16-7-8-16/h5-6,9-14,16H,4,7-8H2,1-3H3,(H,29,33)(H,28,30,31). The van der Waals surface area contributed by atoms with Crippen molar-refractivity contribution in [1.82, 2.24) is 15.3 Å². The highest BCUT2D eigenvalue weighted by molar-refractivity contribution is 6.31. The lowest BCUT2D eigenvalue weighted by atomic mass is 9.86. The maximum absolute atomic E-state index is 12.8. The number of benzene rings is 2. The lowest BCUT2D eigenvalue weighted by Gasteiger charge is -2.18. The van der Waals surface area contributed by atoms with E-state index in [1.807, 2.05) is 39.0 Å². The van der Waals surface area contributed by atoms with Crippen LogP contribution in [0.15, 0.2) is 48.7 Å². The molecule has 0 spiro atoms. The topological polar surface area (TPSA) is 96.5 Å². The number of aromatic nitrogens is 2. The Hall–Kier alpha value is -3.65. The van der Waals surface area contributed by atoms with Crippen molar-refractivity contribution in [2.75, 3.05) is 16.8 Å². The SMILES string of the molecule is CCN1C(=O)C(C)(C)c2cc(Nc3ncc(Cl)c(Oc4ccc(C(=O)NC5CC5)cc4)n3)ccc21. The van der Waals surface area contributed by atoms with Crippen molar-refractivity contribution in [3.05, 3.63) is 64.8 Å². The monoisotopic (exact) mass is 491 g/mol. The van der Waals surface area contributed by atoms with E-state index >= 15 is 0 Å². The molecule has 2 N–H and O–H groups in total. The number of nitrogens with zero attached hydrogens (tertiary/aromatic N) is 3. The molecule has 5 rings (SSSR count). The number of rotatable bonds is 7. The Morgan fingerprint density at radius 3 is 2.63 bits per heavy atom. The first-order valence-corrected chi connectivity index (χ1v) is 12.0. The minimum Gasteiger partial charge on any atom is -0.437 e. The van der Waals surface area contributed by atoms with E-state index in [4.69, 9.17) is 16.3 Å². The van der Waals surface area contributed by atoms with E-state index in [1.165, 1.54) is 6.20 Å². The van der Waals surface area contributed by atoms with Gasteiger partial charge in [-0.15, -0.1) is 0 Å². The lowest BCUT2D eigenvalue weighted by Crippen LogP contribution is -2.35. The molecule has 35 heavy (non-hydrogen) atoms. The number of carbonyl (C=O) groups is 2. The molecule has 1 saturated carbocycles. The normalized spacial score (nSPS) is 16.1. The summed E-state index contributed by atoms with van der Waals surface area (Å²) in [7, 11) is 0. The van der Waals surface area contributed by atoms with Crippen molar-refractivity contribution < 1.29 is 14.3 Å². The quantitative estimate of drug-likeness (QED) is 0.471. The lowest BCUT2D eigenvalue weighted by molar-refractivity contribution is -0.122. The number of fused-ring (bicyclic) bond motifs is 1. The molecule has 3 aromatic rings. The Kier molecular flexibility index (Phi) is 5.84. The zero-order valence-electron chi connectivity index (χ0n) is 19.8. The molecule has 0 atom stereocenters. The summed E-state index contributed by atoms with van der Waals surface area (Å²) >= 11 is 6.27. The van der Waals surface area contributed by atoms with Crippen molar-refractivity contribution in [1.29, 1.82) is 0 Å². The fraction of sp³-hybridized carbons (Fsp3) is 0.308. The first-order valence-electron chi connectivity index (χ1n) is 11.6. The Balaban J connectivity index is 1.33. The Morgan fingerprint density at radius 2 is 1.94 bits per heavy atom. The van der Waals surface area contributed by atoms with E-state index in [0.717, 1.165) is 29.8 Å². The van der Waals surface area contributed by atoms with Gasteiger partial charge in [0.25, 0.3) is 5.91 Å². The number of amides is 2. The van der Waals surface area contributed by atoms with Gasteiger partial charge in [-0.25, -0.2) is 4.98 Å². The summed E-state index contributed by atoms with van der Waals surface area (Å²) in [5.41, 5.74) is 2.58. The molecule has 180 valence electrons. The number of hydrogen-bond donors (Lipinski definition) is 2. The first kappa shape index (κ1) is 23.1. The van der Waals surface area contributed by atoms with E-state index in [2.05, 4.69) is 20.6 Å². The molecule has 0 radical (unpaired) electrons. The number of nitrogens with one attached hydrogen (secondary N) is 2. The molecule has 1 aliphatic heterocycles. The van der Waals surface area contributed by atoms with Gasteiger partial charge in [0.2, 0.25) is 17.7 Å². The summed E-state index contributed by atoms with van der Waals surface area (Å²) in [5.74, 6) is 0.984. The molecule has 8 nitrogen and oxygen atoms in total. The van der Waals surface area contributed by atoms with Crippen molar-refractivity contribution in [2.45, 2.75) is 45.1 Å². The van der Waals surface area contributed by atoms with Crippen molar-refractivity contribution in [2.24, 2.45) is 0 Å². The van der Waals surface area contributed by atoms with Crippen LogP contribution in [0.5, 0.6) is 11.6 Å². The van der Waals surface area contributed by atoms with Gasteiger partial charge < -0.3 is 20.3 Å². The predicted molar refractivity (Wildman–Crippen MR) is 135 cm³/mol. The molecule has 2 aliphatic rings. The third kappa shape index (κ3) is 4.53. The number of ether oxygens (including phenoxy) is 1. The highest BCUT2D eigenvalue weighted by Gasteiger charge is 2.43. The van der Waals surface area contributed by atoms with Gasteiger partial charge in [-0.05, 0) is 81.6 Å². The maximum atomic E-state index is 12.8. The van der Waals surface area contributed by atoms with Crippen LogP contribution in [0, 0.1) is 0 Å². The zero-order valence-corrected chi connectivity index (χ0v) is 20.5. The van der Waals surface area contributed by atoms with E-state index in [9.17, 15) is 9.59 Å². The summed E-state index contributed by atoms with van der Waals surface area (Å²) in [4.78, 5) is 35.4. The molecule has 2 amide bonds. The maximum Gasteiger partial charge on any atom is 0.251 e. The summed E-state index contributed by atoms with van der Waals surface area (Å²) < 4.78 is 5.86. The predicted octanol–water partition coefficient (Wildman–Crippen LogP) is 5.20. The van der Waals surface area contributed by atoms with Crippen LogP contribution in [0.25, 0.3) is 0 Å². The number of likely N-dealkylation sites (N-methyl/N-ethyl adjacent to an activating group) is 1. The van der Waals surface area contributed by atoms with E-state index < -0.39 is 5.41 Å².